The summed E-state index contributed by atoms with van der Waals surface area (Å²) < 4.78 is 13.3. The summed E-state index contributed by atoms with van der Waals surface area (Å²) in [6, 6.07) is 26.7. The molecule has 1 aliphatic carbocycles. The highest BCUT2D eigenvalue weighted by Gasteiger charge is 2.37. The van der Waals surface area contributed by atoms with Crippen molar-refractivity contribution in [1.29, 1.82) is 0 Å². The molecule has 4 heteroatoms. The quantitative estimate of drug-likeness (QED) is 0.105. The number of hydrogen-bond acceptors (Lipinski definition) is 3. The largest absolute Gasteiger partial charge is 0.506 e. The summed E-state index contributed by atoms with van der Waals surface area (Å²) in [5.41, 5.74) is 3.61. The number of carbonyl (C=O) groups excluding carboxylic acids is 1. The van der Waals surface area contributed by atoms with Gasteiger partial charge < -0.3 is 9.84 Å². The Labute approximate surface area is 282 Å². The number of Topliss-reactive ketones (excluding diaryl/α,β-unsaturated/α-hetero) is 1. The Morgan fingerprint density at radius 1 is 0.771 bits per heavy atom. The van der Waals surface area contributed by atoms with E-state index in [-0.39, 0.29) is 22.4 Å². The molecule has 0 saturated heterocycles. The molecule has 0 unspecified atom stereocenters. The predicted molar refractivity (Wildman–Crippen MR) is 198 cm³/mol. The van der Waals surface area contributed by atoms with Crippen LogP contribution >= 0.6 is 0 Å². The van der Waals surface area contributed by atoms with E-state index in [1.165, 1.54) is 0 Å². The molecule has 1 aromatic heterocycles. The molecule has 0 saturated carbocycles. The molecule has 0 radical (unpaired) electrons. The highest BCUT2D eigenvalue weighted by Crippen LogP contribution is 2.46. The third kappa shape index (κ3) is 5.34. The predicted octanol–water partition coefficient (Wildman–Crippen LogP) is 12.1. The molecular formula is C44H43O4+. The fourth-order valence-corrected chi connectivity index (χ4v) is 7.30. The molecular weight excluding hydrogens is 592 g/mol. The fraction of sp³-hybridized carbons (Fsp3) is 0.273. The Bertz CT molecular complexity index is 2260. The van der Waals surface area contributed by atoms with Crippen molar-refractivity contribution >= 4 is 49.9 Å². The first-order chi connectivity index (χ1) is 23.0. The van der Waals surface area contributed by atoms with Gasteiger partial charge in [-0.3, -0.25) is 4.79 Å². The second-order valence-electron chi connectivity index (χ2n) is 14.5. The number of ether oxygens (including phenoxy) is 1. The topological polar surface area (TPSA) is 57.8 Å². The number of aliphatic hydroxyl groups excluding tert-OH is 1. The van der Waals surface area contributed by atoms with Crippen LogP contribution in [0.2, 0.25) is 0 Å². The summed E-state index contributed by atoms with van der Waals surface area (Å²) in [6.07, 6.45) is 9.64. The molecule has 5 aromatic rings. The van der Waals surface area contributed by atoms with E-state index in [1.54, 1.807) is 0 Å². The number of hydrogen-bond donors (Lipinski definition) is 1. The van der Waals surface area contributed by atoms with Gasteiger partial charge in [0.25, 0.3) is 0 Å². The van der Waals surface area contributed by atoms with Crippen molar-refractivity contribution in [1.82, 2.24) is 0 Å². The van der Waals surface area contributed by atoms with Crippen molar-refractivity contribution in [2.75, 3.05) is 0 Å². The minimum Gasteiger partial charge on any atom is -0.506 e. The summed E-state index contributed by atoms with van der Waals surface area (Å²) in [5, 5.41) is 16.6. The number of aliphatic hydroxyl groups is 1. The van der Waals surface area contributed by atoms with Crippen LogP contribution < -0.4 is 4.74 Å². The van der Waals surface area contributed by atoms with Gasteiger partial charge in [0.15, 0.2) is 0 Å². The highest BCUT2D eigenvalue weighted by molar-refractivity contribution is 6.24. The summed E-state index contributed by atoms with van der Waals surface area (Å²) in [7, 11) is 0. The van der Waals surface area contributed by atoms with Gasteiger partial charge in [0.2, 0.25) is 5.78 Å². The highest BCUT2D eigenvalue weighted by atomic mass is 16.5. The Morgan fingerprint density at radius 2 is 1.42 bits per heavy atom. The smallest absolute Gasteiger partial charge is 0.368 e. The summed E-state index contributed by atoms with van der Waals surface area (Å²) in [6.45, 7) is 13.1. The van der Waals surface area contributed by atoms with Crippen molar-refractivity contribution in [2.45, 2.75) is 72.6 Å². The molecule has 1 N–H and O–H groups in total. The summed E-state index contributed by atoms with van der Waals surface area (Å²) in [5.74, 6) is 2.33. The Balaban J connectivity index is 1.38. The van der Waals surface area contributed by atoms with E-state index in [0.717, 1.165) is 92.2 Å². The van der Waals surface area contributed by atoms with Crippen molar-refractivity contribution in [2.24, 2.45) is 5.41 Å². The zero-order chi connectivity index (χ0) is 33.8. The van der Waals surface area contributed by atoms with Crippen molar-refractivity contribution in [3.05, 3.63) is 131 Å². The standard InChI is InChI=1S/C44H42O4/c1-7-21-43(3,4)37-25-29(33-19-17-27-13-9-11-15-31(27)41(33)47-37)23-35-39(45)36(40(35)46)24-30-26-38(44(5,6)22-8-2)48-42-32-16-12-10-14-28(32)18-20-34(30)42/h9-20,23-26H,7-8,21-22H2,1-6H3/p+1. The van der Waals surface area contributed by atoms with Crippen LogP contribution in [0.3, 0.4) is 0 Å². The van der Waals surface area contributed by atoms with E-state index < -0.39 is 0 Å². The Morgan fingerprint density at radius 3 is 2.12 bits per heavy atom. The SMILES string of the molecule is CCCC(C)(C)C1=C/C(=C\C2=C(O)C(=C\c3cc(C(C)(C)CCC)[o+]c4c3ccc3ccccc34)/C2=O)c2ccc3ccccc3c2O1. The van der Waals surface area contributed by atoms with Crippen LogP contribution in [-0.2, 0) is 10.2 Å². The third-order valence-electron chi connectivity index (χ3n) is 10.1. The molecule has 0 spiro atoms. The zero-order valence-corrected chi connectivity index (χ0v) is 28.7. The van der Waals surface area contributed by atoms with Crippen LogP contribution in [0.1, 0.15) is 84.1 Å². The Hall–Kier alpha value is -4.96. The normalized spacial score (nSPS) is 16.9. The second kappa shape index (κ2) is 11.9. The molecule has 2 heterocycles. The maximum atomic E-state index is 13.9. The van der Waals surface area contributed by atoms with Crippen LogP contribution in [0.4, 0.5) is 0 Å². The zero-order valence-electron chi connectivity index (χ0n) is 28.7. The molecule has 0 amide bonds. The lowest BCUT2D eigenvalue weighted by Gasteiger charge is -2.32. The maximum absolute atomic E-state index is 13.9. The minimum absolute atomic E-state index is 0.00759. The lowest BCUT2D eigenvalue weighted by atomic mass is 9.80. The van der Waals surface area contributed by atoms with Gasteiger partial charge in [-0.15, -0.1) is 0 Å². The summed E-state index contributed by atoms with van der Waals surface area (Å²) >= 11 is 0. The van der Waals surface area contributed by atoms with Crippen LogP contribution in [-0.4, -0.2) is 10.9 Å². The molecule has 4 aromatic carbocycles. The van der Waals surface area contributed by atoms with Crippen molar-refractivity contribution in [3.8, 4) is 5.75 Å². The van der Waals surface area contributed by atoms with Crippen LogP contribution in [0.25, 0.3) is 44.2 Å². The summed E-state index contributed by atoms with van der Waals surface area (Å²) in [4.78, 5) is 13.9. The van der Waals surface area contributed by atoms with Crippen molar-refractivity contribution < 1.29 is 19.1 Å². The van der Waals surface area contributed by atoms with Crippen molar-refractivity contribution in [3.63, 3.8) is 0 Å². The molecule has 0 fully saturated rings. The van der Waals surface area contributed by atoms with Crippen LogP contribution in [0, 0.1) is 5.41 Å². The maximum Gasteiger partial charge on any atom is 0.368 e. The lowest BCUT2D eigenvalue weighted by molar-refractivity contribution is -0.113. The van der Waals surface area contributed by atoms with Gasteiger partial charge in [-0.2, -0.15) is 0 Å². The lowest BCUT2D eigenvalue weighted by Crippen LogP contribution is -2.23. The number of benzene rings is 4. The first kappa shape index (κ1) is 31.6. The molecule has 1 aliphatic heterocycles. The van der Waals surface area contributed by atoms with E-state index in [2.05, 4.69) is 77.9 Å². The van der Waals surface area contributed by atoms with E-state index in [1.807, 2.05) is 60.7 Å². The van der Waals surface area contributed by atoms with Gasteiger partial charge in [0.1, 0.15) is 17.3 Å². The van der Waals surface area contributed by atoms with E-state index in [9.17, 15) is 9.90 Å². The van der Waals surface area contributed by atoms with E-state index >= 15 is 0 Å². The van der Waals surface area contributed by atoms with E-state index in [0.29, 0.717) is 11.1 Å². The number of allylic oxidation sites excluding steroid dienone is 6. The number of fused-ring (bicyclic) bond motifs is 6. The molecule has 4 nitrogen and oxygen atoms in total. The van der Waals surface area contributed by atoms with Gasteiger partial charge in [-0.05, 0) is 79.5 Å². The average molecular weight is 636 g/mol. The van der Waals surface area contributed by atoms with Gasteiger partial charge in [0.05, 0.1) is 27.3 Å². The van der Waals surface area contributed by atoms with E-state index in [4.69, 9.17) is 9.15 Å². The monoisotopic (exact) mass is 635 g/mol. The third-order valence-corrected chi connectivity index (χ3v) is 10.1. The minimum atomic E-state index is -0.208. The van der Waals surface area contributed by atoms with Crippen LogP contribution in [0.15, 0.2) is 118 Å². The van der Waals surface area contributed by atoms with Gasteiger partial charge in [0, 0.05) is 28.0 Å². The molecule has 48 heavy (non-hydrogen) atoms. The number of rotatable bonds is 8. The average Bonchev–Trinajstić information content (AvgIpc) is 3.08. The first-order valence-corrected chi connectivity index (χ1v) is 17.2. The van der Waals surface area contributed by atoms with Crippen LogP contribution in [0.5, 0.6) is 5.75 Å². The molecule has 2 aliphatic rings. The molecule has 242 valence electrons. The number of carbonyl (C=O) groups is 1. The second-order valence-corrected chi connectivity index (χ2v) is 14.5. The first-order valence-electron chi connectivity index (χ1n) is 17.2. The molecule has 0 atom stereocenters. The fourth-order valence-electron chi connectivity index (χ4n) is 7.30. The number of ketones is 1. The van der Waals surface area contributed by atoms with Gasteiger partial charge in [-0.1, -0.05) is 95.1 Å². The Kier molecular flexibility index (Phi) is 7.86. The molecule has 7 rings (SSSR count). The van der Waals surface area contributed by atoms with Gasteiger partial charge in [-0.25, -0.2) is 4.42 Å². The van der Waals surface area contributed by atoms with Gasteiger partial charge >= 0.3 is 11.3 Å². The molecule has 0 bridgehead atoms.